The Labute approximate surface area is 117 Å². The third-order valence-electron chi connectivity index (χ3n) is 4.04. The number of likely N-dealkylation sites (tertiary alicyclic amines) is 1. The van der Waals surface area contributed by atoms with Crippen LogP contribution >= 0.6 is 0 Å². The molecule has 0 radical (unpaired) electrons. The Balaban J connectivity index is 1.95. The SMILES string of the molecule is CNCc1cccc(CN2CCCC(C)(C)CC2)n1. The number of pyridine rings is 1. The van der Waals surface area contributed by atoms with Crippen LogP contribution in [0.3, 0.4) is 0 Å². The first-order chi connectivity index (χ1) is 9.09. The molecule has 1 aliphatic rings. The maximum atomic E-state index is 4.72. The summed E-state index contributed by atoms with van der Waals surface area (Å²) in [6, 6.07) is 6.36. The lowest BCUT2D eigenvalue weighted by Gasteiger charge is -2.23. The van der Waals surface area contributed by atoms with E-state index in [1.54, 1.807) is 0 Å². The molecule has 2 heterocycles. The quantitative estimate of drug-likeness (QED) is 0.903. The van der Waals surface area contributed by atoms with Gasteiger partial charge in [0.1, 0.15) is 0 Å². The van der Waals surface area contributed by atoms with E-state index >= 15 is 0 Å². The monoisotopic (exact) mass is 261 g/mol. The smallest absolute Gasteiger partial charge is 0.0547 e. The van der Waals surface area contributed by atoms with E-state index in [9.17, 15) is 0 Å². The van der Waals surface area contributed by atoms with Crippen LogP contribution in [0.2, 0.25) is 0 Å². The molecule has 1 aromatic rings. The van der Waals surface area contributed by atoms with Crippen molar-refractivity contribution < 1.29 is 0 Å². The van der Waals surface area contributed by atoms with Crippen molar-refractivity contribution in [2.75, 3.05) is 20.1 Å². The topological polar surface area (TPSA) is 28.2 Å². The number of nitrogens with one attached hydrogen (secondary N) is 1. The summed E-state index contributed by atoms with van der Waals surface area (Å²) in [5, 5.41) is 3.16. The van der Waals surface area contributed by atoms with Gasteiger partial charge in [0.2, 0.25) is 0 Å². The lowest BCUT2D eigenvalue weighted by Crippen LogP contribution is -2.25. The highest BCUT2D eigenvalue weighted by molar-refractivity contribution is 5.11. The minimum absolute atomic E-state index is 0.510. The van der Waals surface area contributed by atoms with Crippen LogP contribution in [-0.4, -0.2) is 30.0 Å². The zero-order valence-corrected chi connectivity index (χ0v) is 12.6. The minimum Gasteiger partial charge on any atom is -0.314 e. The summed E-state index contributed by atoms with van der Waals surface area (Å²) < 4.78 is 0. The number of hydrogen-bond donors (Lipinski definition) is 1. The zero-order chi connectivity index (χ0) is 13.7. The maximum absolute atomic E-state index is 4.72. The second kappa shape index (κ2) is 6.49. The second-order valence-electron chi connectivity index (χ2n) is 6.44. The molecule has 1 aliphatic heterocycles. The lowest BCUT2D eigenvalue weighted by molar-refractivity contribution is 0.253. The van der Waals surface area contributed by atoms with Crippen LogP contribution in [0, 0.1) is 5.41 Å². The molecule has 1 aromatic heterocycles. The summed E-state index contributed by atoms with van der Waals surface area (Å²) in [7, 11) is 1.96. The largest absolute Gasteiger partial charge is 0.314 e. The Morgan fingerprint density at radius 2 is 2.00 bits per heavy atom. The van der Waals surface area contributed by atoms with Crippen molar-refractivity contribution in [1.82, 2.24) is 15.2 Å². The summed E-state index contributed by atoms with van der Waals surface area (Å²) in [4.78, 5) is 7.28. The van der Waals surface area contributed by atoms with Crippen molar-refractivity contribution in [2.24, 2.45) is 5.41 Å². The number of aromatic nitrogens is 1. The van der Waals surface area contributed by atoms with Gasteiger partial charge in [-0.25, -0.2) is 0 Å². The van der Waals surface area contributed by atoms with Crippen LogP contribution in [-0.2, 0) is 13.1 Å². The average molecular weight is 261 g/mol. The van der Waals surface area contributed by atoms with Gasteiger partial charge in [0.15, 0.2) is 0 Å². The molecule has 1 N–H and O–H groups in total. The van der Waals surface area contributed by atoms with Crippen molar-refractivity contribution in [3.05, 3.63) is 29.6 Å². The van der Waals surface area contributed by atoms with Gasteiger partial charge in [0.05, 0.1) is 11.4 Å². The average Bonchev–Trinajstić information content (AvgIpc) is 2.52. The van der Waals surface area contributed by atoms with E-state index in [-0.39, 0.29) is 0 Å². The number of hydrogen-bond acceptors (Lipinski definition) is 3. The molecule has 1 saturated heterocycles. The first kappa shape index (κ1) is 14.5. The van der Waals surface area contributed by atoms with Crippen molar-refractivity contribution >= 4 is 0 Å². The van der Waals surface area contributed by atoms with E-state index in [1.165, 1.54) is 38.0 Å². The fraction of sp³-hybridized carbons (Fsp3) is 0.688. The summed E-state index contributed by atoms with van der Waals surface area (Å²) in [6.07, 6.45) is 3.95. The van der Waals surface area contributed by atoms with E-state index in [0.29, 0.717) is 5.41 Å². The van der Waals surface area contributed by atoms with E-state index in [2.05, 4.69) is 42.3 Å². The van der Waals surface area contributed by atoms with Crippen molar-refractivity contribution in [3.63, 3.8) is 0 Å². The van der Waals surface area contributed by atoms with Crippen molar-refractivity contribution in [2.45, 2.75) is 46.2 Å². The first-order valence-corrected chi connectivity index (χ1v) is 7.41. The van der Waals surface area contributed by atoms with Gasteiger partial charge in [-0.2, -0.15) is 0 Å². The molecule has 0 bridgehead atoms. The fourth-order valence-corrected chi connectivity index (χ4v) is 2.76. The highest BCUT2D eigenvalue weighted by atomic mass is 15.1. The van der Waals surface area contributed by atoms with Crippen LogP contribution in [0.1, 0.15) is 44.5 Å². The highest BCUT2D eigenvalue weighted by Crippen LogP contribution is 2.30. The molecule has 0 spiro atoms. The summed E-state index contributed by atoms with van der Waals surface area (Å²) >= 11 is 0. The third-order valence-corrected chi connectivity index (χ3v) is 4.04. The van der Waals surface area contributed by atoms with Gasteiger partial charge >= 0.3 is 0 Å². The molecule has 0 aliphatic carbocycles. The zero-order valence-electron chi connectivity index (χ0n) is 12.6. The van der Waals surface area contributed by atoms with E-state index < -0.39 is 0 Å². The Bertz CT molecular complexity index is 401. The molecule has 0 unspecified atom stereocenters. The molecule has 0 aromatic carbocycles. The molecular formula is C16H27N3. The van der Waals surface area contributed by atoms with Gasteiger partial charge < -0.3 is 5.32 Å². The van der Waals surface area contributed by atoms with Crippen LogP contribution in [0.5, 0.6) is 0 Å². The molecule has 19 heavy (non-hydrogen) atoms. The van der Waals surface area contributed by atoms with E-state index in [0.717, 1.165) is 18.8 Å². The van der Waals surface area contributed by atoms with E-state index in [4.69, 9.17) is 4.98 Å². The van der Waals surface area contributed by atoms with Gasteiger partial charge in [-0.05, 0) is 56.9 Å². The van der Waals surface area contributed by atoms with Crippen LogP contribution in [0.4, 0.5) is 0 Å². The Hall–Kier alpha value is -0.930. The molecule has 0 atom stereocenters. The highest BCUT2D eigenvalue weighted by Gasteiger charge is 2.23. The predicted octanol–water partition coefficient (Wildman–Crippen LogP) is 2.81. The third kappa shape index (κ3) is 4.59. The molecule has 0 amide bonds. The normalized spacial score (nSPS) is 20.2. The molecule has 106 valence electrons. The van der Waals surface area contributed by atoms with Crippen LogP contribution in [0.25, 0.3) is 0 Å². The predicted molar refractivity (Wildman–Crippen MR) is 79.9 cm³/mol. The second-order valence-corrected chi connectivity index (χ2v) is 6.44. The maximum Gasteiger partial charge on any atom is 0.0547 e. The summed E-state index contributed by atoms with van der Waals surface area (Å²) in [5.74, 6) is 0. The minimum atomic E-state index is 0.510. The molecule has 1 fully saturated rings. The molecule has 2 rings (SSSR count). The van der Waals surface area contributed by atoms with Crippen molar-refractivity contribution in [3.8, 4) is 0 Å². The standard InChI is InChI=1S/C16H27N3/c1-16(2)8-5-10-19(11-9-16)13-15-7-4-6-14(18-15)12-17-3/h4,6-7,17H,5,8-13H2,1-3H3. The Kier molecular flexibility index (Phi) is 4.94. The first-order valence-electron chi connectivity index (χ1n) is 7.41. The van der Waals surface area contributed by atoms with E-state index in [1.807, 2.05) is 7.05 Å². The van der Waals surface area contributed by atoms with Gasteiger partial charge in [-0.3, -0.25) is 9.88 Å². The summed E-state index contributed by atoms with van der Waals surface area (Å²) in [5.41, 5.74) is 2.85. The number of nitrogens with zero attached hydrogens (tertiary/aromatic N) is 2. The van der Waals surface area contributed by atoms with Gasteiger partial charge in [0.25, 0.3) is 0 Å². The van der Waals surface area contributed by atoms with Crippen LogP contribution in [0.15, 0.2) is 18.2 Å². The fourth-order valence-electron chi connectivity index (χ4n) is 2.76. The molecule has 0 saturated carbocycles. The number of rotatable bonds is 4. The van der Waals surface area contributed by atoms with Crippen molar-refractivity contribution in [1.29, 1.82) is 0 Å². The summed E-state index contributed by atoms with van der Waals surface area (Å²) in [6.45, 7) is 9.03. The van der Waals surface area contributed by atoms with Gasteiger partial charge in [-0.1, -0.05) is 19.9 Å². The molecule has 3 nitrogen and oxygen atoms in total. The molecule has 3 heteroatoms. The van der Waals surface area contributed by atoms with Crippen LogP contribution < -0.4 is 5.32 Å². The Morgan fingerprint density at radius 3 is 2.79 bits per heavy atom. The van der Waals surface area contributed by atoms with Gasteiger partial charge in [-0.15, -0.1) is 0 Å². The lowest BCUT2D eigenvalue weighted by atomic mass is 9.85. The molecular weight excluding hydrogens is 234 g/mol. The Morgan fingerprint density at radius 1 is 1.21 bits per heavy atom. The van der Waals surface area contributed by atoms with Gasteiger partial charge in [0, 0.05) is 13.1 Å².